The molecule has 3 rings (SSSR count). The highest BCUT2D eigenvalue weighted by atomic mass is 32.2. The summed E-state index contributed by atoms with van der Waals surface area (Å²) in [5, 5.41) is 2.94. The number of sulfonamides is 1. The van der Waals surface area contributed by atoms with Crippen molar-refractivity contribution in [2.24, 2.45) is 0 Å². The van der Waals surface area contributed by atoms with Gasteiger partial charge in [0.1, 0.15) is 0 Å². The van der Waals surface area contributed by atoms with Crippen molar-refractivity contribution in [2.45, 2.75) is 17.9 Å². The Morgan fingerprint density at radius 3 is 1.77 bits per heavy atom. The van der Waals surface area contributed by atoms with Gasteiger partial charge in [-0.05, 0) is 30.2 Å². The topological polar surface area (TPSA) is 83.6 Å². The van der Waals surface area contributed by atoms with E-state index in [-0.39, 0.29) is 17.2 Å². The predicted octanol–water partition coefficient (Wildman–Crippen LogP) is 3.42. The summed E-state index contributed by atoms with van der Waals surface area (Å²) in [5.74, 6) is -0.575. The average Bonchev–Trinajstić information content (AvgIpc) is 2.78. The second kappa shape index (κ2) is 9.68. The first-order valence-electron chi connectivity index (χ1n) is 9.75. The Labute approximate surface area is 182 Å². The molecule has 0 heterocycles. The first-order valence-corrected chi connectivity index (χ1v) is 11.2. The molecule has 0 bridgehead atoms. The number of nitrogens with zero attached hydrogens (tertiary/aromatic N) is 1. The highest BCUT2D eigenvalue weighted by molar-refractivity contribution is 7.89. The Hall–Kier alpha value is -3.29. The highest BCUT2D eigenvalue weighted by Gasteiger charge is 2.25. The molecule has 0 aliphatic carbocycles. The van der Waals surface area contributed by atoms with Gasteiger partial charge in [0.25, 0.3) is 0 Å². The zero-order valence-electron chi connectivity index (χ0n) is 17.4. The standard InChI is InChI=1S/C24H24N2O4S/c1-18(27)19-13-15-22(16-14-19)31(29,30)26(2)17-23(28)25-24(20-9-5-3-6-10-20)21-11-7-4-8-12-21/h3-16,24H,17H2,1-2H3,(H,25,28). The zero-order chi connectivity index (χ0) is 22.4. The van der Waals surface area contributed by atoms with Crippen molar-refractivity contribution in [1.82, 2.24) is 9.62 Å². The van der Waals surface area contributed by atoms with Crippen LogP contribution >= 0.6 is 0 Å². The van der Waals surface area contributed by atoms with Crippen molar-refractivity contribution < 1.29 is 18.0 Å². The predicted molar refractivity (Wildman–Crippen MR) is 119 cm³/mol. The number of hydrogen-bond acceptors (Lipinski definition) is 4. The molecule has 1 N–H and O–H groups in total. The van der Waals surface area contributed by atoms with Crippen LogP contribution in [0.5, 0.6) is 0 Å². The molecule has 6 nitrogen and oxygen atoms in total. The van der Waals surface area contributed by atoms with Gasteiger partial charge in [0.15, 0.2) is 5.78 Å². The van der Waals surface area contributed by atoms with Gasteiger partial charge >= 0.3 is 0 Å². The number of rotatable bonds is 8. The minimum atomic E-state index is -3.88. The van der Waals surface area contributed by atoms with E-state index in [9.17, 15) is 18.0 Å². The van der Waals surface area contributed by atoms with Crippen LogP contribution < -0.4 is 5.32 Å². The lowest BCUT2D eigenvalue weighted by atomic mass is 9.99. The lowest BCUT2D eigenvalue weighted by Crippen LogP contribution is -2.40. The molecule has 1 amide bonds. The Bertz CT molecular complexity index is 1110. The third kappa shape index (κ3) is 5.45. The Morgan fingerprint density at radius 2 is 1.32 bits per heavy atom. The molecule has 3 aromatic rings. The smallest absolute Gasteiger partial charge is 0.243 e. The van der Waals surface area contributed by atoms with Gasteiger partial charge in [0.2, 0.25) is 15.9 Å². The van der Waals surface area contributed by atoms with Crippen LogP contribution in [0.2, 0.25) is 0 Å². The van der Waals surface area contributed by atoms with Crippen molar-refractivity contribution in [3.05, 3.63) is 102 Å². The summed E-state index contributed by atoms with van der Waals surface area (Å²) in [5.41, 5.74) is 2.22. The van der Waals surface area contributed by atoms with Crippen LogP contribution in [0.15, 0.2) is 89.8 Å². The van der Waals surface area contributed by atoms with E-state index in [1.807, 2.05) is 60.7 Å². The fourth-order valence-corrected chi connectivity index (χ4v) is 4.31. The van der Waals surface area contributed by atoms with E-state index in [2.05, 4.69) is 5.32 Å². The number of ketones is 1. The number of nitrogens with one attached hydrogen (secondary N) is 1. The molecule has 31 heavy (non-hydrogen) atoms. The van der Waals surface area contributed by atoms with Gasteiger partial charge in [-0.2, -0.15) is 4.31 Å². The maximum absolute atomic E-state index is 12.8. The Kier molecular flexibility index (Phi) is 6.99. The molecule has 0 saturated heterocycles. The quantitative estimate of drug-likeness (QED) is 0.549. The normalized spacial score (nSPS) is 11.5. The van der Waals surface area contributed by atoms with Crippen LogP contribution in [0.3, 0.4) is 0 Å². The molecule has 0 aliphatic rings. The maximum atomic E-state index is 12.8. The van der Waals surface area contributed by atoms with Crippen LogP contribution in [0.4, 0.5) is 0 Å². The number of hydrogen-bond donors (Lipinski definition) is 1. The van der Waals surface area contributed by atoms with Gasteiger partial charge in [0, 0.05) is 12.6 Å². The first kappa shape index (κ1) is 22.4. The third-order valence-corrected chi connectivity index (χ3v) is 6.72. The minimum absolute atomic E-state index is 0.0236. The summed E-state index contributed by atoms with van der Waals surface area (Å²) in [6.45, 7) is 1.07. The highest BCUT2D eigenvalue weighted by Crippen LogP contribution is 2.22. The van der Waals surface area contributed by atoms with Crippen LogP contribution in [-0.4, -0.2) is 38.0 Å². The van der Waals surface area contributed by atoms with Gasteiger partial charge in [-0.1, -0.05) is 72.8 Å². The summed E-state index contributed by atoms with van der Waals surface area (Å²) in [4.78, 5) is 24.2. The fourth-order valence-electron chi connectivity index (χ4n) is 3.19. The molecular formula is C24H24N2O4S. The van der Waals surface area contributed by atoms with Gasteiger partial charge in [-0.3, -0.25) is 9.59 Å². The van der Waals surface area contributed by atoms with Crippen molar-refractivity contribution in [1.29, 1.82) is 0 Å². The fraction of sp³-hybridized carbons (Fsp3) is 0.167. The molecule has 0 saturated carbocycles. The largest absolute Gasteiger partial charge is 0.344 e. The van der Waals surface area contributed by atoms with Gasteiger partial charge in [-0.25, -0.2) is 8.42 Å². The molecule has 0 radical (unpaired) electrons. The number of carbonyl (C=O) groups is 2. The number of Topliss-reactive ketones (excluding diaryl/α,β-unsaturated/α-hetero) is 1. The molecule has 3 aromatic carbocycles. The van der Waals surface area contributed by atoms with E-state index in [0.717, 1.165) is 15.4 Å². The second-order valence-corrected chi connectivity index (χ2v) is 9.21. The van der Waals surface area contributed by atoms with Crippen LogP contribution in [-0.2, 0) is 14.8 Å². The van der Waals surface area contributed by atoms with Crippen LogP contribution in [0.1, 0.15) is 34.5 Å². The third-order valence-electron chi connectivity index (χ3n) is 4.91. The summed E-state index contributed by atoms with van der Waals surface area (Å²) >= 11 is 0. The monoisotopic (exact) mass is 436 g/mol. The van der Waals surface area contributed by atoms with Gasteiger partial charge < -0.3 is 5.32 Å². The SMILES string of the molecule is CC(=O)c1ccc(S(=O)(=O)N(C)CC(=O)NC(c2ccccc2)c2ccccc2)cc1. The lowest BCUT2D eigenvalue weighted by Gasteiger charge is -2.22. The van der Waals surface area contributed by atoms with Gasteiger partial charge in [0.05, 0.1) is 17.5 Å². The van der Waals surface area contributed by atoms with Crippen molar-refractivity contribution in [3.8, 4) is 0 Å². The molecule has 0 unspecified atom stereocenters. The van der Waals surface area contributed by atoms with Gasteiger partial charge in [-0.15, -0.1) is 0 Å². The summed E-state index contributed by atoms with van der Waals surface area (Å²) in [6.07, 6.45) is 0. The lowest BCUT2D eigenvalue weighted by molar-refractivity contribution is -0.121. The Morgan fingerprint density at radius 1 is 0.839 bits per heavy atom. The average molecular weight is 437 g/mol. The number of amides is 1. The zero-order valence-corrected chi connectivity index (χ0v) is 18.2. The molecule has 0 atom stereocenters. The van der Waals surface area contributed by atoms with Crippen LogP contribution in [0, 0.1) is 0 Å². The molecule has 7 heteroatoms. The first-order chi connectivity index (χ1) is 14.8. The van der Waals surface area contributed by atoms with E-state index in [1.165, 1.54) is 38.2 Å². The van der Waals surface area contributed by atoms with Crippen molar-refractivity contribution in [3.63, 3.8) is 0 Å². The summed E-state index contributed by atoms with van der Waals surface area (Å²) < 4.78 is 26.7. The van der Waals surface area contributed by atoms with E-state index >= 15 is 0 Å². The number of carbonyl (C=O) groups excluding carboxylic acids is 2. The van der Waals surface area contributed by atoms with Crippen molar-refractivity contribution >= 4 is 21.7 Å². The van der Waals surface area contributed by atoms with Crippen LogP contribution in [0.25, 0.3) is 0 Å². The maximum Gasteiger partial charge on any atom is 0.243 e. The number of benzene rings is 3. The van der Waals surface area contributed by atoms with E-state index in [0.29, 0.717) is 5.56 Å². The van der Waals surface area contributed by atoms with E-state index in [1.54, 1.807) is 0 Å². The summed E-state index contributed by atoms with van der Waals surface area (Å²) in [7, 11) is -2.53. The molecule has 0 aromatic heterocycles. The minimum Gasteiger partial charge on any atom is -0.344 e. The molecular weight excluding hydrogens is 412 g/mol. The Balaban J connectivity index is 1.76. The summed E-state index contributed by atoms with van der Waals surface area (Å²) in [6, 6.07) is 24.3. The van der Waals surface area contributed by atoms with E-state index in [4.69, 9.17) is 0 Å². The molecule has 0 spiro atoms. The van der Waals surface area contributed by atoms with E-state index < -0.39 is 22.0 Å². The second-order valence-electron chi connectivity index (χ2n) is 7.16. The van der Waals surface area contributed by atoms with Crippen molar-refractivity contribution in [2.75, 3.05) is 13.6 Å². The molecule has 0 fully saturated rings. The molecule has 160 valence electrons. The molecule has 0 aliphatic heterocycles. The number of likely N-dealkylation sites (N-methyl/N-ethyl adjacent to an activating group) is 1.